The average molecular weight is 378 g/mol. The van der Waals surface area contributed by atoms with Crippen LogP contribution in [-0.4, -0.2) is 32.1 Å². The summed E-state index contributed by atoms with van der Waals surface area (Å²) in [6, 6.07) is 4.41. The lowest BCUT2D eigenvalue weighted by atomic mass is 10.1. The highest BCUT2D eigenvalue weighted by molar-refractivity contribution is 5.94. The van der Waals surface area contributed by atoms with E-state index in [0.29, 0.717) is 6.54 Å². The van der Waals surface area contributed by atoms with Gasteiger partial charge >= 0.3 is 6.18 Å². The molecule has 2 aromatic rings. The van der Waals surface area contributed by atoms with E-state index in [0.717, 1.165) is 68.9 Å². The van der Waals surface area contributed by atoms with E-state index in [2.05, 4.69) is 14.8 Å². The smallest absolute Gasteiger partial charge is 0.328 e. The number of nitrogens with zero attached hydrogens (tertiary/aromatic N) is 4. The molecular formula is C19H21F3N4O. The third-order valence-electron chi connectivity index (χ3n) is 5.39. The fourth-order valence-corrected chi connectivity index (χ4v) is 4.03. The summed E-state index contributed by atoms with van der Waals surface area (Å²) in [5.41, 5.74) is -0.743. The molecule has 1 aromatic carbocycles. The van der Waals surface area contributed by atoms with Crippen molar-refractivity contribution in [3.63, 3.8) is 0 Å². The first-order valence-corrected chi connectivity index (χ1v) is 9.35. The lowest BCUT2D eigenvalue weighted by molar-refractivity contribution is -0.137. The molecule has 2 aliphatic heterocycles. The van der Waals surface area contributed by atoms with Gasteiger partial charge in [0.2, 0.25) is 0 Å². The Morgan fingerprint density at radius 2 is 1.93 bits per heavy atom. The quantitative estimate of drug-likeness (QED) is 0.794. The Kier molecular flexibility index (Phi) is 4.65. The van der Waals surface area contributed by atoms with Crippen molar-refractivity contribution in [2.24, 2.45) is 0 Å². The second-order valence-corrected chi connectivity index (χ2v) is 7.17. The molecule has 0 radical (unpaired) electrons. The van der Waals surface area contributed by atoms with E-state index in [1.165, 1.54) is 12.1 Å². The number of aryl methyl sites for hydroxylation is 1. The summed E-state index contributed by atoms with van der Waals surface area (Å²) in [6.07, 6.45) is 1.23. The molecule has 1 saturated heterocycles. The van der Waals surface area contributed by atoms with Crippen molar-refractivity contribution >= 4 is 5.91 Å². The van der Waals surface area contributed by atoms with Gasteiger partial charge in [0.25, 0.3) is 5.91 Å². The van der Waals surface area contributed by atoms with Crippen LogP contribution < -0.4 is 0 Å². The molecule has 1 atom stereocenters. The normalized spacial score (nSPS) is 20.4. The van der Waals surface area contributed by atoms with Crippen LogP contribution in [0.25, 0.3) is 0 Å². The van der Waals surface area contributed by atoms with Crippen LogP contribution in [0.1, 0.15) is 65.7 Å². The van der Waals surface area contributed by atoms with E-state index in [1.54, 1.807) is 4.90 Å². The number of likely N-dealkylation sites (tertiary alicyclic amines) is 1. The molecule has 8 heteroatoms. The number of carbonyl (C=O) groups excluding carboxylic acids is 1. The summed E-state index contributed by atoms with van der Waals surface area (Å²) in [5.74, 6) is 1.33. The SMILES string of the molecule is O=C(c1cccc(C(F)(F)F)c1)N1CCCC1c1nnc2n1CCCCC2. The van der Waals surface area contributed by atoms with Gasteiger partial charge in [0, 0.05) is 25.1 Å². The zero-order valence-corrected chi connectivity index (χ0v) is 14.9. The maximum Gasteiger partial charge on any atom is 0.416 e. The maximum atomic E-state index is 13.0. The largest absolute Gasteiger partial charge is 0.416 e. The molecule has 0 spiro atoms. The highest BCUT2D eigenvalue weighted by Crippen LogP contribution is 2.35. The molecule has 0 saturated carbocycles. The molecule has 5 nitrogen and oxygen atoms in total. The summed E-state index contributed by atoms with van der Waals surface area (Å²) in [5, 5.41) is 8.64. The molecule has 1 unspecified atom stereocenters. The molecule has 1 aromatic heterocycles. The number of aromatic nitrogens is 3. The number of hydrogen-bond donors (Lipinski definition) is 0. The molecule has 1 fully saturated rings. The van der Waals surface area contributed by atoms with Crippen molar-refractivity contribution in [2.75, 3.05) is 6.54 Å². The van der Waals surface area contributed by atoms with E-state index in [4.69, 9.17) is 0 Å². The Balaban J connectivity index is 1.63. The zero-order chi connectivity index (χ0) is 19.0. The third-order valence-corrected chi connectivity index (χ3v) is 5.39. The average Bonchev–Trinajstić information content (AvgIpc) is 3.21. The van der Waals surface area contributed by atoms with Gasteiger partial charge in [-0.05, 0) is 43.9 Å². The van der Waals surface area contributed by atoms with Crippen LogP contribution in [0.15, 0.2) is 24.3 Å². The molecule has 0 bridgehead atoms. The van der Waals surface area contributed by atoms with Crippen molar-refractivity contribution < 1.29 is 18.0 Å². The maximum absolute atomic E-state index is 13.0. The zero-order valence-electron chi connectivity index (χ0n) is 14.9. The Labute approximate surface area is 155 Å². The van der Waals surface area contributed by atoms with E-state index >= 15 is 0 Å². The van der Waals surface area contributed by atoms with E-state index < -0.39 is 11.7 Å². The van der Waals surface area contributed by atoms with E-state index in [-0.39, 0.29) is 17.5 Å². The van der Waals surface area contributed by atoms with Gasteiger partial charge in [0.15, 0.2) is 5.82 Å². The first kappa shape index (κ1) is 18.0. The van der Waals surface area contributed by atoms with Gasteiger partial charge < -0.3 is 9.47 Å². The number of fused-ring (bicyclic) bond motifs is 1. The summed E-state index contributed by atoms with van der Waals surface area (Å²) in [7, 11) is 0. The highest BCUT2D eigenvalue weighted by Gasteiger charge is 2.36. The van der Waals surface area contributed by atoms with Crippen LogP contribution in [0, 0.1) is 0 Å². The first-order chi connectivity index (χ1) is 12.9. The first-order valence-electron chi connectivity index (χ1n) is 9.35. The number of hydrogen-bond acceptors (Lipinski definition) is 3. The van der Waals surface area contributed by atoms with Crippen molar-refractivity contribution in [2.45, 2.75) is 57.3 Å². The predicted molar refractivity (Wildman–Crippen MR) is 92.0 cm³/mol. The molecule has 1 amide bonds. The monoisotopic (exact) mass is 378 g/mol. The number of alkyl halides is 3. The molecule has 2 aliphatic rings. The van der Waals surface area contributed by atoms with Gasteiger partial charge in [-0.1, -0.05) is 12.5 Å². The van der Waals surface area contributed by atoms with Crippen molar-refractivity contribution in [1.82, 2.24) is 19.7 Å². The minimum Gasteiger partial charge on any atom is -0.328 e. The van der Waals surface area contributed by atoms with Gasteiger partial charge in [0.05, 0.1) is 11.6 Å². The standard InChI is InChI=1S/C19H21F3N4O/c20-19(21,22)14-7-4-6-13(12-14)18(27)25-11-5-8-15(25)17-24-23-16-9-2-1-3-10-26(16)17/h4,6-7,12,15H,1-3,5,8-11H2. The lowest BCUT2D eigenvalue weighted by Gasteiger charge is -2.25. The minimum atomic E-state index is -4.47. The van der Waals surface area contributed by atoms with E-state index in [9.17, 15) is 18.0 Å². The number of halogens is 3. The summed E-state index contributed by atoms with van der Waals surface area (Å²) in [4.78, 5) is 14.6. The van der Waals surface area contributed by atoms with Crippen LogP contribution in [0.5, 0.6) is 0 Å². The number of benzene rings is 1. The van der Waals surface area contributed by atoms with Crippen molar-refractivity contribution in [3.8, 4) is 0 Å². The van der Waals surface area contributed by atoms with Crippen molar-refractivity contribution in [1.29, 1.82) is 0 Å². The second-order valence-electron chi connectivity index (χ2n) is 7.17. The summed E-state index contributed by atoms with van der Waals surface area (Å²) >= 11 is 0. The fraction of sp³-hybridized carbons (Fsp3) is 0.526. The predicted octanol–water partition coefficient (Wildman–Crippen LogP) is 4.00. The van der Waals surface area contributed by atoms with Gasteiger partial charge in [-0.2, -0.15) is 13.2 Å². The lowest BCUT2D eigenvalue weighted by Crippen LogP contribution is -2.32. The topological polar surface area (TPSA) is 51.0 Å². The minimum absolute atomic E-state index is 0.0623. The molecule has 144 valence electrons. The van der Waals surface area contributed by atoms with E-state index in [1.807, 2.05) is 0 Å². The third kappa shape index (κ3) is 3.44. The Morgan fingerprint density at radius 3 is 2.74 bits per heavy atom. The second kappa shape index (κ2) is 6.98. The Morgan fingerprint density at radius 1 is 1.07 bits per heavy atom. The fourth-order valence-electron chi connectivity index (χ4n) is 4.03. The van der Waals surface area contributed by atoms with Crippen LogP contribution in [0.3, 0.4) is 0 Å². The Bertz CT molecular complexity index is 846. The summed E-state index contributed by atoms with van der Waals surface area (Å²) < 4.78 is 41.1. The van der Waals surface area contributed by atoms with Gasteiger partial charge in [-0.3, -0.25) is 4.79 Å². The van der Waals surface area contributed by atoms with Gasteiger partial charge in [0.1, 0.15) is 5.82 Å². The van der Waals surface area contributed by atoms with Crippen LogP contribution in [0.4, 0.5) is 13.2 Å². The summed E-state index contributed by atoms with van der Waals surface area (Å²) in [6.45, 7) is 1.35. The van der Waals surface area contributed by atoms with Crippen LogP contribution in [-0.2, 0) is 19.1 Å². The van der Waals surface area contributed by atoms with Crippen LogP contribution >= 0.6 is 0 Å². The van der Waals surface area contributed by atoms with Crippen LogP contribution in [0.2, 0.25) is 0 Å². The molecule has 4 rings (SSSR count). The van der Waals surface area contributed by atoms with Crippen molar-refractivity contribution in [3.05, 3.63) is 47.0 Å². The molecular weight excluding hydrogens is 357 g/mol. The molecule has 0 N–H and O–H groups in total. The van der Waals surface area contributed by atoms with Gasteiger partial charge in [-0.25, -0.2) is 0 Å². The highest BCUT2D eigenvalue weighted by atomic mass is 19.4. The molecule has 27 heavy (non-hydrogen) atoms. The number of amides is 1. The number of carbonyl (C=O) groups is 1. The molecule has 3 heterocycles. The van der Waals surface area contributed by atoms with Gasteiger partial charge in [-0.15, -0.1) is 10.2 Å². The Hall–Kier alpha value is -2.38. The molecule has 0 aliphatic carbocycles. The number of rotatable bonds is 2.